The minimum atomic E-state index is 0.248. The monoisotopic (exact) mass is 261 g/mol. The number of nitrogens with two attached hydrogens (primary N) is 1. The smallest absolute Gasteiger partial charge is 0.0158 e. The molecule has 0 radical (unpaired) electrons. The molecule has 0 heterocycles. The van der Waals surface area contributed by atoms with E-state index in [0.717, 1.165) is 29.6 Å². The Labute approximate surface area is 118 Å². The molecule has 0 aromatic carbocycles. The molecule has 0 amide bonds. The highest BCUT2D eigenvalue weighted by Gasteiger charge is 2.56. The quantitative estimate of drug-likeness (QED) is 0.799. The largest absolute Gasteiger partial charge is 0.325 e. The summed E-state index contributed by atoms with van der Waals surface area (Å²) < 4.78 is 0. The number of hydrogen-bond donors (Lipinski definition) is 1. The third-order valence-electron chi connectivity index (χ3n) is 7.20. The molecule has 5 aliphatic carbocycles. The van der Waals surface area contributed by atoms with Crippen LogP contribution in [0.5, 0.6) is 0 Å². The van der Waals surface area contributed by atoms with Crippen molar-refractivity contribution in [3.05, 3.63) is 0 Å². The van der Waals surface area contributed by atoms with Gasteiger partial charge in [0, 0.05) is 5.54 Å². The van der Waals surface area contributed by atoms with E-state index in [9.17, 15) is 0 Å². The molecule has 1 heteroatoms. The van der Waals surface area contributed by atoms with Gasteiger partial charge in [0.2, 0.25) is 0 Å². The van der Waals surface area contributed by atoms with E-state index < -0.39 is 0 Å². The number of rotatable bonds is 4. The van der Waals surface area contributed by atoms with Crippen LogP contribution in [0.2, 0.25) is 0 Å². The highest BCUT2D eigenvalue weighted by molar-refractivity contribution is 5.08. The van der Waals surface area contributed by atoms with Crippen molar-refractivity contribution in [1.82, 2.24) is 0 Å². The second-order valence-electron chi connectivity index (χ2n) is 9.20. The van der Waals surface area contributed by atoms with Crippen molar-refractivity contribution in [3.63, 3.8) is 0 Å². The molecular weight excluding hydrogens is 230 g/mol. The molecular formula is C18H31N. The van der Waals surface area contributed by atoms with E-state index in [1.165, 1.54) is 19.3 Å². The highest BCUT2D eigenvalue weighted by Crippen LogP contribution is 2.65. The fourth-order valence-electron chi connectivity index (χ4n) is 6.59. The van der Waals surface area contributed by atoms with Gasteiger partial charge in [-0.05, 0) is 92.8 Å². The fourth-order valence-corrected chi connectivity index (χ4v) is 6.59. The zero-order valence-electron chi connectivity index (χ0n) is 12.8. The molecule has 4 bridgehead atoms. The Bertz CT molecular complexity index is 331. The minimum Gasteiger partial charge on any atom is -0.325 e. The maximum atomic E-state index is 6.50. The Hall–Kier alpha value is -0.0400. The topological polar surface area (TPSA) is 26.0 Å². The van der Waals surface area contributed by atoms with Crippen LogP contribution in [0.25, 0.3) is 0 Å². The summed E-state index contributed by atoms with van der Waals surface area (Å²) >= 11 is 0. The van der Waals surface area contributed by atoms with Crippen LogP contribution in [0.4, 0.5) is 0 Å². The van der Waals surface area contributed by atoms with Crippen LogP contribution in [-0.2, 0) is 0 Å². The third kappa shape index (κ3) is 2.07. The standard InChI is InChI=1S/C18H31N/c1-12(2)16(11-18(19)3-4-18)17-8-13-5-14(9-17)7-15(6-13)10-17/h12-16H,3-11,19H2,1-2H3. The molecule has 19 heavy (non-hydrogen) atoms. The summed E-state index contributed by atoms with van der Waals surface area (Å²) in [6.45, 7) is 4.93. The predicted molar refractivity (Wildman–Crippen MR) is 79.7 cm³/mol. The average Bonchev–Trinajstić information content (AvgIpc) is 3.02. The zero-order chi connectivity index (χ0) is 13.3. The summed E-state index contributed by atoms with van der Waals surface area (Å²) in [4.78, 5) is 0. The maximum absolute atomic E-state index is 6.50. The zero-order valence-corrected chi connectivity index (χ0v) is 12.8. The lowest BCUT2D eigenvalue weighted by Crippen LogP contribution is -2.52. The van der Waals surface area contributed by atoms with E-state index in [0.29, 0.717) is 5.41 Å². The molecule has 2 N–H and O–H groups in total. The van der Waals surface area contributed by atoms with Gasteiger partial charge in [-0.15, -0.1) is 0 Å². The van der Waals surface area contributed by atoms with E-state index in [1.807, 2.05) is 0 Å². The van der Waals surface area contributed by atoms with Gasteiger partial charge < -0.3 is 5.73 Å². The first-order valence-electron chi connectivity index (χ1n) is 8.77. The van der Waals surface area contributed by atoms with E-state index in [2.05, 4.69) is 13.8 Å². The van der Waals surface area contributed by atoms with Gasteiger partial charge >= 0.3 is 0 Å². The summed E-state index contributed by atoms with van der Waals surface area (Å²) in [7, 11) is 0. The van der Waals surface area contributed by atoms with Crippen LogP contribution in [-0.4, -0.2) is 5.54 Å². The SMILES string of the molecule is CC(C)C(CC1(N)CC1)C12CC3CC(CC(C3)C1)C2. The molecule has 0 aliphatic heterocycles. The summed E-state index contributed by atoms with van der Waals surface area (Å²) in [6, 6.07) is 0. The molecule has 1 nitrogen and oxygen atoms in total. The highest BCUT2D eigenvalue weighted by atomic mass is 14.8. The Kier molecular flexibility index (Phi) is 2.67. The second kappa shape index (κ2) is 4.00. The van der Waals surface area contributed by atoms with Gasteiger partial charge in [-0.1, -0.05) is 13.8 Å². The first-order chi connectivity index (χ1) is 8.98. The van der Waals surface area contributed by atoms with Gasteiger partial charge in [0.25, 0.3) is 0 Å². The van der Waals surface area contributed by atoms with E-state index in [-0.39, 0.29) is 5.54 Å². The van der Waals surface area contributed by atoms with E-state index in [4.69, 9.17) is 5.73 Å². The first-order valence-corrected chi connectivity index (χ1v) is 8.77. The molecule has 108 valence electrons. The van der Waals surface area contributed by atoms with Crippen LogP contribution in [0, 0.1) is 35.0 Å². The second-order valence-corrected chi connectivity index (χ2v) is 9.20. The lowest BCUT2D eigenvalue weighted by Gasteiger charge is -2.61. The predicted octanol–water partition coefficient (Wildman–Crippen LogP) is 4.36. The first kappa shape index (κ1) is 12.7. The molecule has 5 rings (SSSR count). The molecule has 1 unspecified atom stereocenters. The van der Waals surface area contributed by atoms with Crippen LogP contribution in [0.15, 0.2) is 0 Å². The molecule has 1 atom stereocenters. The summed E-state index contributed by atoms with van der Waals surface area (Å²) in [5, 5.41) is 0. The van der Waals surface area contributed by atoms with Crippen molar-refractivity contribution in [2.24, 2.45) is 40.7 Å². The van der Waals surface area contributed by atoms with Gasteiger partial charge in [-0.2, -0.15) is 0 Å². The van der Waals surface area contributed by atoms with Gasteiger partial charge in [0.05, 0.1) is 0 Å². The summed E-state index contributed by atoms with van der Waals surface area (Å²) in [5.74, 6) is 4.99. The van der Waals surface area contributed by atoms with Gasteiger partial charge in [0.15, 0.2) is 0 Å². The molecule has 5 aliphatic rings. The van der Waals surface area contributed by atoms with Crippen LogP contribution >= 0.6 is 0 Å². The molecule has 0 aromatic heterocycles. The Morgan fingerprint density at radius 3 is 1.79 bits per heavy atom. The minimum absolute atomic E-state index is 0.248. The summed E-state index contributed by atoms with van der Waals surface area (Å²) in [6.07, 6.45) is 13.3. The van der Waals surface area contributed by atoms with Crippen LogP contribution in [0.3, 0.4) is 0 Å². The molecule has 5 fully saturated rings. The lowest BCUT2D eigenvalue weighted by atomic mass is 9.45. The Morgan fingerprint density at radius 1 is 0.947 bits per heavy atom. The Morgan fingerprint density at radius 2 is 1.42 bits per heavy atom. The average molecular weight is 261 g/mol. The van der Waals surface area contributed by atoms with Crippen molar-refractivity contribution in [2.45, 2.75) is 77.2 Å². The van der Waals surface area contributed by atoms with E-state index in [1.54, 1.807) is 38.5 Å². The lowest BCUT2D eigenvalue weighted by molar-refractivity contribution is -0.102. The van der Waals surface area contributed by atoms with Crippen molar-refractivity contribution in [1.29, 1.82) is 0 Å². The maximum Gasteiger partial charge on any atom is 0.0158 e. The normalized spacial score (nSPS) is 47.7. The molecule has 5 saturated carbocycles. The molecule has 0 saturated heterocycles. The van der Waals surface area contributed by atoms with Gasteiger partial charge in [0.1, 0.15) is 0 Å². The van der Waals surface area contributed by atoms with Gasteiger partial charge in [-0.3, -0.25) is 0 Å². The van der Waals surface area contributed by atoms with Crippen LogP contribution < -0.4 is 5.73 Å². The van der Waals surface area contributed by atoms with E-state index >= 15 is 0 Å². The molecule has 0 spiro atoms. The van der Waals surface area contributed by atoms with Crippen molar-refractivity contribution < 1.29 is 0 Å². The fraction of sp³-hybridized carbons (Fsp3) is 1.00. The number of hydrogen-bond acceptors (Lipinski definition) is 1. The molecule has 0 aromatic rings. The van der Waals surface area contributed by atoms with Crippen molar-refractivity contribution in [2.75, 3.05) is 0 Å². The van der Waals surface area contributed by atoms with Crippen molar-refractivity contribution in [3.8, 4) is 0 Å². The van der Waals surface area contributed by atoms with Crippen LogP contribution in [0.1, 0.15) is 71.6 Å². The third-order valence-corrected chi connectivity index (χ3v) is 7.20. The Balaban J connectivity index is 1.60. The van der Waals surface area contributed by atoms with Crippen molar-refractivity contribution >= 4 is 0 Å². The van der Waals surface area contributed by atoms with Gasteiger partial charge in [-0.25, -0.2) is 0 Å². The summed E-state index contributed by atoms with van der Waals surface area (Å²) in [5.41, 5.74) is 7.46.